The summed E-state index contributed by atoms with van der Waals surface area (Å²) in [5, 5.41) is 5.58. The largest absolute Gasteiger partial charge is 0.463 e. The fourth-order valence-electron chi connectivity index (χ4n) is 3.51. The van der Waals surface area contributed by atoms with Crippen molar-refractivity contribution in [2.75, 3.05) is 32.8 Å². The molecular weight excluding hydrogens is 310 g/mol. The van der Waals surface area contributed by atoms with Gasteiger partial charge in [0.05, 0.1) is 26.0 Å². The number of morpholine rings is 1. The van der Waals surface area contributed by atoms with Crippen molar-refractivity contribution >= 4 is 11.8 Å². The van der Waals surface area contributed by atoms with Crippen LogP contribution in [0.5, 0.6) is 0 Å². The number of nitrogens with one attached hydrogen (secondary N) is 3. The maximum absolute atomic E-state index is 12.1. The van der Waals surface area contributed by atoms with Crippen LogP contribution in [0.3, 0.4) is 0 Å². The maximum atomic E-state index is 12.1. The first-order valence-corrected chi connectivity index (χ1v) is 8.78. The molecule has 0 radical (unpaired) electrons. The Labute approximate surface area is 141 Å². The van der Waals surface area contributed by atoms with Gasteiger partial charge in [0.2, 0.25) is 0 Å². The van der Waals surface area contributed by atoms with Crippen LogP contribution >= 0.6 is 0 Å². The number of rotatable bonds is 5. The molecule has 1 saturated carbocycles. The summed E-state index contributed by atoms with van der Waals surface area (Å²) in [6.07, 6.45) is 5.80. The lowest BCUT2D eigenvalue weighted by atomic mass is 10.1. The molecule has 1 aliphatic heterocycles. The number of carbonyl (C=O) groups excluding carboxylic acids is 2. The zero-order chi connectivity index (χ0) is 16.8. The molecule has 3 rings (SSSR count). The number of hydrogen-bond donors (Lipinski definition) is 3. The van der Waals surface area contributed by atoms with Gasteiger partial charge in [-0.25, -0.2) is 0 Å². The van der Waals surface area contributed by atoms with E-state index in [2.05, 4.69) is 10.6 Å². The van der Waals surface area contributed by atoms with E-state index in [9.17, 15) is 9.59 Å². The lowest BCUT2D eigenvalue weighted by Crippen LogP contribution is -3.15. The second-order valence-corrected chi connectivity index (χ2v) is 6.50. The molecule has 24 heavy (non-hydrogen) atoms. The molecule has 2 heterocycles. The van der Waals surface area contributed by atoms with Gasteiger partial charge in [0, 0.05) is 6.04 Å². The van der Waals surface area contributed by atoms with Gasteiger partial charge in [0.25, 0.3) is 0 Å². The summed E-state index contributed by atoms with van der Waals surface area (Å²) in [5.74, 6) is -0.272. The molecule has 0 unspecified atom stereocenters. The molecule has 0 aromatic carbocycles. The van der Waals surface area contributed by atoms with Crippen LogP contribution in [0.15, 0.2) is 22.8 Å². The van der Waals surface area contributed by atoms with Crippen molar-refractivity contribution in [3.05, 3.63) is 24.2 Å². The van der Waals surface area contributed by atoms with E-state index in [4.69, 9.17) is 9.15 Å². The van der Waals surface area contributed by atoms with E-state index in [0.717, 1.165) is 44.5 Å². The normalized spacial score (nSPS) is 20.7. The summed E-state index contributed by atoms with van der Waals surface area (Å²) in [5.41, 5.74) is 0. The second-order valence-electron chi connectivity index (χ2n) is 6.50. The van der Waals surface area contributed by atoms with Gasteiger partial charge in [-0.2, -0.15) is 0 Å². The number of amides is 2. The smallest absolute Gasteiger partial charge is 0.309 e. The summed E-state index contributed by atoms with van der Waals surface area (Å²) in [6.45, 7) is 3.48. The minimum atomic E-state index is -0.564. The number of furan rings is 1. The predicted molar refractivity (Wildman–Crippen MR) is 86.4 cm³/mol. The SMILES string of the molecule is O=C(NC[C@H](c1ccco1)[NH+]1CCOCC1)C(=O)NC1CCCC1. The Kier molecular flexibility index (Phi) is 5.87. The zero-order valence-corrected chi connectivity index (χ0v) is 13.9. The highest BCUT2D eigenvalue weighted by Gasteiger charge is 2.30. The Hall–Kier alpha value is -1.86. The van der Waals surface area contributed by atoms with E-state index in [1.54, 1.807) is 6.26 Å². The highest BCUT2D eigenvalue weighted by Crippen LogP contribution is 2.17. The molecule has 7 nitrogen and oxygen atoms in total. The molecule has 2 fully saturated rings. The predicted octanol–water partition coefficient (Wildman–Crippen LogP) is -0.589. The summed E-state index contributed by atoms with van der Waals surface area (Å²) in [6, 6.07) is 3.90. The lowest BCUT2D eigenvalue weighted by Gasteiger charge is -2.30. The standard InChI is InChI=1S/C17H25N3O4/c21-16(17(22)19-13-4-1-2-5-13)18-12-14(15-6-3-9-24-15)20-7-10-23-11-8-20/h3,6,9,13-14H,1-2,4-5,7-8,10-12H2,(H,18,21)(H,19,22)/p+1/t14-/m1/s1. The molecule has 2 aliphatic rings. The molecule has 1 aromatic heterocycles. The molecule has 3 N–H and O–H groups in total. The number of ether oxygens (including phenoxy) is 1. The van der Waals surface area contributed by atoms with Crippen molar-refractivity contribution in [2.45, 2.75) is 37.8 Å². The first-order chi connectivity index (χ1) is 11.7. The minimum absolute atomic E-state index is 0.00729. The Bertz CT molecular complexity index is 534. The Morgan fingerprint density at radius 1 is 1.21 bits per heavy atom. The average molecular weight is 336 g/mol. The van der Waals surface area contributed by atoms with Crippen molar-refractivity contribution in [3.8, 4) is 0 Å². The van der Waals surface area contributed by atoms with Crippen molar-refractivity contribution in [1.29, 1.82) is 0 Å². The summed E-state index contributed by atoms with van der Waals surface area (Å²) < 4.78 is 10.9. The average Bonchev–Trinajstić information content (AvgIpc) is 3.30. The third kappa shape index (κ3) is 4.36. The van der Waals surface area contributed by atoms with Gasteiger partial charge >= 0.3 is 11.8 Å². The third-order valence-electron chi connectivity index (χ3n) is 4.88. The molecule has 1 saturated heterocycles. The van der Waals surface area contributed by atoms with E-state index in [0.29, 0.717) is 19.8 Å². The number of quaternary nitrogens is 1. The van der Waals surface area contributed by atoms with Gasteiger partial charge in [0.1, 0.15) is 13.1 Å². The molecular formula is C17H26N3O4+. The van der Waals surface area contributed by atoms with E-state index in [1.807, 2.05) is 12.1 Å². The molecule has 132 valence electrons. The van der Waals surface area contributed by atoms with Gasteiger partial charge in [-0.05, 0) is 25.0 Å². The first-order valence-electron chi connectivity index (χ1n) is 8.78. The molecule has 1 aliphatic carbocycles. The van der Waals surface area contributed by atoms with E-state index >= 15 is 0 Å². The lowest BCUT2D eigenvalue weighted by molar-refractivity contribution is -0.938. The van der Waals surface area contributed by atoms with Gasteiger partial charge in [-0.15, -0.1) is 0 Å². The monoisotopic (exact) mass is 336 g/mol. The van der Waals surface area contributed by atoms with Gasteiger partial charge in [-0.3, -0.25) is 9.59 Å². The first kappa shape index (κ1) is 17.0. The van der Waals surface area contributed by atoms with Crippen LogP contribution in [0.4, 0.5) is 0 Å². The van der Waals surface area contributed by atoms with Crippen LogP contribution in [0.25, 0.3) is 0 Å². The molecule has 0 spiro atoms. The quantitative estimate of drug-likeness (QED) is 0.628. The second kappa shape index (κ2) is 8.30. The van der Waals surface area contributed by atoms with Crippen LogP contribution in [0.2, 0.25) is 0 Å². The van der Waals surface area contributed by atoms with Gasteiger partial charge in [0.15, 0.2) is 11.8 Å². The van der Waals surface area contributed by atoms with Crippen LogP contribution in [-0.4, -0.2) is 50.7 Å². The number of hydrogen-bond acceptors (Lipinski definition) is 4. The van der Waals surface area contributed by atoms with Crippen LogP contribution in [0, 0.1) is 0 Å². The summed E-state index contributed by atoms with van der Waals surface area (Å²) >= 11 is 0. The molecule has 1 atom stereocenters. The van der Waals surface area contributed by atoms with E-state index in [1.165, 1.54) is 4.90 Å². The van der Waals surface area contributed by atoms with Gasteiger partial charge < -0.3 is 24.7 Å². The van der Waals surface area contributed by atoms with Crippen molar-refractivity contribution < 1.29 is 23.6 Å². The minimum Gasteiger partial charge on any atom is -0.463 e. The van der Waals surface area contributed by atoms with Crippen LogP contribution < -0.4 is 15.5 Å². The van der Waals surface area contributed by atoms with E-state index in [-0.39, 0.29) is 12.1 Å². The van der Waals surface area contributed by atoms with Crippen molar-refractivity contribution in [1.82, 2.24) is 10.6 Å². The Morgan fingerprint density at radius 3 is 2.62 bits per heavy atom. The molecule has 7 heteroatoms. The highest BCUT2D eigenvalue weighted by atomic mass is 16.5. The molecule has 0 bridgehead atoms. The van der Waals surface area contributed by atoms with Crippen LogP contribution in [0.1, 0.15) is 37.5 Å². The molecule has 2 amide bonds. The Morgan fingerprint density at radius 2 is 1.96 bits per heavy atom. The summed E-state index contributed by atoms with van der Waals surface area (Å²) in [4.78, 5) is 25.4. The molecule has 1 aromatic rings. The zero-order valence-electron chi connectivity index (χ0n) is 13.9. The van der Waals surface area contributed by atoms with Crippen LogP contribution in [-0.2, 0) is 14.3 Å². The number of carbonyl (C=O) groups is 2. The third-order valence-corrected chi connectivity index (χ3v) is 4.88. The van der Waals surface area contributed by atoms with Crippen molar-refractivity contribution in [3.63, 3.8) is 0 Å². The summed E-state index contributed by atoms with van der Waals surface area (Å²) in [7, 11) is 0. The van der Waals surface area contributed by atoms with Gasteiger partial charge in [-0.1, -0.05) is 12.8 Å². The van der Waals surface area contributed by atoms with E-state index < -0.39 is 11.8 Å². The fraction of sp³-hybridized carbons (Fsp3) is 0.647. The Balaban J connectivity index is 1.54. The fourth-order valence-corrected chi connectivity index (χ4v) is 3.51. The topological polar surface area (TPSA) is 85.0 Å². The van der Waals surface area contributed by atoms with Crippen molar-refractivity contribution in [2.24, 2.45) is 0 Å². The maximum Gasteiger partial charge on any atom is 0.309 e. The highest BCUT2D eigenvalue weighted by molar-refractivity contribution is 6.35.